The van der Waals surface area contributed by atoms with Gasteiger partial charge in [0, 0.05) is 6.54 Å². The van der Waals surface area contributed by atoms with Gasteiger partial charge in [-0.1, -0.05) is 30.3 Å². The zero-order chi connectivity index (χ0) is 17.2. The quantitative estimate of drug-likeness (QED) is 0.460. The fourth-order valence-electron chi connectivity index (χ4n) is 2.10. The first-order chi connectivity index (χ1) is 11.7. The highest BCUT2D eigenvalue weighted by molar-refractivity contribution is 7.80. The monoisotopic (exact) mass is 343 g/mol. The van der Waals surface area contributed by atoms with E-state index >= 15 is 0 Å². The summed E-state index contributed by atoms with van der Waals surface area (Å²) in [6.07, 6.45) is 2.58. The van der Waals surface area contributed by atoms with Crippen LogP contribution in [0.15, 0.2) is 53.6 Å². The molecule has 0 unspecified atom stereocenters. The molecule has 2 rings (SSSR count). The average Bonchev–Trinajstić information content (AvgIpc) is 2.62. The Bertz CT molecular complexity index is 690. The van der Waals surface area contributed by atoms with E-state index in [-0.39, 0.29) is 0 Å². The molecule has 0 aromatic heterocycles. The van der Waals surface area contributed by atoms with Gasteiger partial charge in [-0.2, -0.15) is 5.10 Å². The van der Waals surface area contributed by atoms with E-state index in [9.17, 15) is 0 Å². The summed E-state index contributed by atoms with van der Waals surface area (Å²) in [7, 11) is 3.20. The highest BCUT2D eigenvalue weighted by atomic mass is 32.1. The summed E-state index contributed by atoms with van der Waals surface area (Å²) in [5.74, 6) is 1.34. The van der Waals surface area contributed by atoms with Gasteiger partial charge >= 0.3 is 0 Å². The third-order valence-electron chi connectivity index (χ3n) is 3.33. The summed E-state index contributed by atoms with van der Waals surface area (Å²) in [6.45, 7) is 0.752. The van der Waals surface area contributed by atoms with Gasteiger partial charge < -0.3 is 14.8 Å². The van der Waals surface area contributed by atoms with Gasteiger partial charge in [-0.25, -0.2) is 0 Å². The Balaban J connectivity index is 1.77. The molecule has 5 nitrogen and oxygen atoms in total. The highest BCUT2D eigenvalue weighted by Crippen LogP contribution is 2.26. The second-order valence-corrected chi connectivity index (χ2v) is 5.38. The van der Waals surface area contributed by atoms with Crippen LogP contribution < -0.4 is 20.2 Å². The second kappa shape index (κ2) is 9.52. The van der Waals surface area contributed by atoms with Crippen LogP contribution in [0.5, 0.6) is 11.5 Å². The fourth-order valence-corrected chi connectivity index (χ4v) is 2.26. The Morgan fingerprint density at radius 3 is 2.54 bits per heavy atom. The number of methoxy groups -OCH3 is 2. The van der Waals surface area contributed by atoms with Crippen LogP contribution in [-0.2, 0) is 6.42 Å². The Morgan fingerprint density at radius 1 is 1.08 bits per heavy atom. The average molecular weight is 343 g/mol. The summed E-state index contributed by atoms with van der Waals surface area (Å²) in [4.78, 5) is 0. The Labute approximate surface area is 147 Å². The van der Waals surface area contributed by atoms with Crippen LogP contribution in [0.1, 0.15) is 11.1 Å². The summed E-state index contributed by atoms with van der Waals surface area (Å²) in [5, 5.41) is 7.73. The molecule has 6 heteroatoms. The summed E-state index contributed by atoms with van der Waals surface area (Å²) in [5.41, 5.74) is 4.95. The Morgan fingerprint density at radius 2 is 1.83 bits per heavy atom. The van der Waals surface area contributed by atoms with Crippen molar-refractivity contribution in [3.63, 3.8) is 0 Å². The second-order valence-electron chi connectivity index (χ2n) is 4.98. The van der Waals surface area contributed by atoms with Crippen LogP contribution in [0.4, 0.5) is 0 Å². The number of rotatable bonds is 7. The van der Waals surface area contributed by atoms with Crippen molar-refractivity contribution in [2.75, 3.05) is 20.8 Å². The van der Waals surface area contributed by atoms with Crippen molar-refractivity contribution < 1.29 is 9.47 Å². The predicted octanol–water partition coefficient (Wildman–Crippen LogP) is 2.74. The molecule has 0 spiro atoms. The molecule has 126 valence electrons. The summed E-state index contributed by atoms with van der Waals surface area (Å²) < 4.78 is 10.5. The maximum absolute atomic E-state index is 5.25. The molecule has 0 atom stereocenters. The molecule has 0 aliphatic carbocycles. The maximum Gasteiger partial charge on any atom is 0.186 e. The van der Waals surface area contributed by atoms with E-state index in [1.807, 2.05) is 36.4 Å². The van der Waals surface area contributed by atoms with Crippen molar-refractivity contribution in [1.82, 2.24) is 10.7 Å². The van der Waals surface area contributed by atoms with Crippen LogP contribution in [0.25, 0.3) is 0 Å². The van der Waals surface area contributed by atoms with Crippen LogP contribution in [-0.4, -0.2) is 32.1 Å². The highest BCUT2D eigenvalue weighted by Gasteiger charge is 2.03. The van der Waals surface area contributed by atoms with Gasteiger partial charge in [-0.3, -0.25) is 5.43 Å². The number of thiocarbonyl (C=S) groups is 1. The molecule has 0 saturated carbocycles. The molecule has 0 amide bonds. The van der Waals surface area contributed by atoms with Crippen molar-refractivity contribution in [3.05, 3.63) is 59.7 Å². The van der Waals surface area contributed by atoms with E-state index in [0.717, 1.165) is 18.5 Å². The minimum Gasteiger partial charge on any atom is -0.493 e. The minimum absolute atomic E-state index is 0.489. The standard InChI is InChI=1S/C18H21N3O2S/c1-22-16-9-8-15(12-17(16)23-2)13-20-21-18(24)19-11-10-14-6-4-3-5-7-14/h3-9,12-13H,10-11H2,1-2H3,(H2,19,21,24). The zero-order valence-corrected chi connectivity index (χ0v) is 14.6. The molecular weight excluding hydrogens is 322 g/mol. The molecule has 0 fully saturated rings. The summed E-state index contributed by atoms with van der Waals surface area (Å²) >= 11 is 5.19. The van der Waals surface area contributed by atoms with Gasteiger partial charge in [-0.15, -0.1) is 0 Å². The normalized spacial score (nSPS) is 10.4. The number of hydrogen-bond acceptors (Lipinski definition) is 4. The molecule has 0 radical (unpaired) electrons. The van der Waals surface area contributed by atoms with Gasteiger partial charge in [0.2, 0.25) is 0 Å². The van der Waals surface area contributed by atoms with Gasteiger partial charge in [0.05, 0.1) is 20.4 Å². The largest absolute Gasteiger partial charge is 0.493 e. The fraction of sp³-hybridized carbons (Fsp3) is 0.222. The van der Waals surface area contributed by atoms with Crippen molar-refractivity contribution in [2.45, 2.75) is 6.42 Å². The van der Waals surface area contributed by atoms with E-state index in [1.54, 1.807) is 20.4 Å². The topological polar surface area (TPSA) is 54.9 Å². The van der Waals surface area contributed by atoms with Gasteiger partial charge in [0.25, 0.3) is 0 Å². The van der Waals surface area contributed by atoms with E-state index in [1.165, 1.54) is 5.56 Å². The van der Waals surface area contributed by atoms with E-state index in [2.05, 4.69) is 28.0 Å². The minimum atomic E-state index is 0.489. The number of benzene rings is 2. The number of nitrogens with one attached hydrogen (secondary N) is 2. The molecule has 0 aliphatic heterocycles. The number of ether oxygens (including phenoxy) is 2. The van der Waals surface area contributed by atoms with Gasteiger partial charge in [0.15, 0.2) is 16.6 Å². The number of nitrogens with zero attached hydrogens (tertiary/aromatic N) is 1. The SMILES string of the molecule is COc1ccc(C=NNC(=S)NCCc2ccccc2)cc1OC. The Hall–Kier alpha value is -2.60. The van der Waals surface area contributed by atoms with Gasteiger partial charge in [0.1, 0.15) is 0 Å². The van der Waals surface area contributed by atoms with E-state index < -0.39 is 0 Å². The van der Waals surface area contributed by atoms with Crippen LogP contribution in [0, 0.1) is 0 Å². The zero-order valence-electron chi connectivity index (χ0n) is 13.8. The van der Waals surface area contributed by atoms with Crippen molar-refractivity contribution in [3.8, 4) is 11.5 Å². The Kier molecular flexibility index (Phi) is 7.04. The smallest absolute Gasteiger partial charge is 0.186 e. The van der Waals surface area contributed by atoms with Crippen LogP contribution in [0.2, 0.25) is 0 Å². The molecular formula is C18H21N3O2S. The van der Waals surface area contributed by atoms with E-state index in [0.29, 0.717) is 16.6 Å². The van der Waals surface area contributed by atoms with E-state index in [4.69, 9.17) is 21.7 Å². The molecule has 2 N–H and O–H groups in total. The van der Waals surface area contributed by atoms with Crippen LogP contribution >= 0.6 is 12.2 Å². The number of hydrazone groups is 1. The molecule has 2 aromatic rings. The van der Waals surface area contributed by atoms with Crippen LogP contribution in [0.3, 0.4) is 0 Å². The molecule has 0 saturated heterocycles. The van der Waals surface area contributed by atoms with Crippen molar-refractivity contribution in [2.24, 2.45) is 5.10 Å². The maximum atomic E-state index is 5.25. The summed E-state index contributed by atoms with van der Waals surface area (Å²) in [6, 6.07) is 15.8. The molecule has 0 bridgehead atoms. The third kappa shape index (κ3) is 5.55. The number of hydrogen-bond donors (Lipinski definition) is 2. The lowest BCUT2D eigenvalue weighted by Gasteiger charge is -2.08. The first-order valence-corrected chi connectivity index (χ1v) is 7.96. The first-order valence-electron chi connectivity index (χ1n) is 7.56. The van der Waals surface area contributed by atoms with Crippen molar-refractivity contribution in [1.29, 1.82) is 0 Å². The third-order valence-corrected chi connectivity index (χ3v) is 3.56. The lowest BCUT2D eigenvalue weighted by molar-refractivity contribution is 0.355. The lowest BCUT2D eigenvalue weighted by Crippen LogP contribution is -2.33. The molecule has 2 aromatic carbocycles. The molecule has 0 heterocycles. The molecule has 0 aliphatic rings. The lowest BCUT2D eigenvalue weighted by atomic mass is 10.1. The molecule has 24 heavy (non-hydrogen) atoms. The van der Waals surface area contributed by atoms with Crippen molar-refractivity contribution >= 4 is 23.5 Å². The predicted molar refractivity (Wildman–Crippen MR) is 101 cm³/mol. The van der Waals surface area contributed by atoms with Gasteiger partial charge in [-0.05, 0) is 48.0 Å². The first kappa shape index (κ1) is 17.7.